The fourth-order valence-corrected chi connectivity index (χ4v) is 2.64. The summed E-state index contributed by atoms with van der Waals surface area (Å²) in [4.78, 5) is 12.2. The van der Waals surface area contributed by atoms with Crippen molar-refractivity contribution in [3.05, 3.63) is 35.4 Å². The van der Waals surface area contributed by atoms with E-state index in [0.717, 1.165) is 24.9 Å². The van der Waals surface area contributed by atoms with Gasteiger partial charge in [-0.2, -0.15) is 0 Å². The number of likely N-dealkylation sites (N-methyl/N-ethyl adjacent to an activating group) is 1. The van der Waals surface area contributed by atoms with Gasteiger partial charge in [-0.15, -0.1) is 0 Å². The van der Waals surface area contributed by atoms with Gasteiger partial charge in [0.2, 0.25) is 0 Å². The molecule has 1 unspecified atom stereocenters. The molecule has 0 aromatic heterocycles. The summed E-state index contributed by atoms with van der Waals surface area (Å²) in [6, 6.07) is 8.12. The largest absolute Gasteiger partial charge is 0.464 e. The van der Waals surface area contributed by atoms with E-state index in [2.05, 4.69) is 11.4 Å². The van der Waals surface area contributed by atoms with Crippen LogP contribution in [0.4, 0.5) is 0 Å². The molecule has 0 amide bonds. The molecule has 1 aliphatic rings. The van der Waals surface area contributed by atoms with Crippen LogP contribution in [-0.2, 0) is 21.5 Å². The highest BCUT2D eigenvalue weighted by atomic mass is 16.5. The highest BCUT2D eigenvalue weighted by Crippen LogP contribution is 2.37. The molecule has 0 bridgehead atoms. The predicted molar refractivity (Wildman–Crippen MR) is 66.8 cm³/mol. The molecule has 0 fully saturated rings. The molecule has 0 aliphatic heterocycles. The summed E-state index contributed by atoms with van der Waals surface area (Å²) >= 11 is 0. The average molecular weight is 233 g/mol. The minimum atomic E-state index is -0.624. The van der Waals surface area contributed by atoms with Crippen LogP contribution in [0.3, 0.4) is 0 Å². The van der Waals surface area contributed by atoms with E-state index in [1.165, 1.54) is 5.56 Å². The molecule has 0 saturated heterocycles. The number of esters is 1. The quantitative estimate of drug-likeness (QED) is 0.808. The Hall–Kier alpha value is -1.35. The van der Waals surface area contributed by atoms with Gasteiger partial charge in [0.15, 0.2) is 0 Å². The van der Waals surface area contributed by atoms with Crippen molar-refractivity contribution in [2.45, 2.75) is 32.2 Å². The number of rotatable bonds is 4. The summed E-state index contributed by atoms with van der Waals surface area (Å²) in [5, 5.41) is 3.32. The number of hydrogen-bond acceptors (Lipinski definition) is 3. The first-order valence-corrected chi connectivity index (χ1v) is 6.25. The topological polar surface area (TPSA) is 38.3 Å². The number of carbonyl (C=O) groups excluding carboxylic acids is 1. The number of hydrogen-bond donors (Lipinski definition) is 1. The molecule has 1 atom stereocenters. The summed E-state index contributed by atoms with van der Waals surface area (Å²) in [5.74, 6) is -0.146. The molecule has 1 aromatic rings. The van der Waals surface area contributed by atoms with Gasteiger partial charge in [0.05, 0.1) is 6.61 Å². The first-order valence-electron chi connectivity index (χ1n) is 6.25. The number of ether oxygens (including phenoxy) is 1. The second-order valence-corrected chi connectivity index (χ2v) is 4.31. The van der Waals surface area contributed by atoms with Crippen LogP contribution >= 0.6 is 0 Å². The van der Waals surface area contributed by atoms with Crippen molar-refractivity contribution in [3.63, 3.8) is 0 Å². The molecule has 0 radical (unpaired) electrons. The number of carbonyl (C=O) groups is 1. The van der Waals surface area contributed by atoms with Gasteiger partial charge in [-0.05, 0) is 37.4 Å². The summed E-state index contributed by atoms with van der Waals surface area (Å²) in [7, 11) is 0. The van der Waals surface area contributed by atoms with E-state index in [4.69, 9.17) is 4.74 Å². The van der Waals surface area contributed by atoms with Crippen LogP contribution in [0.1, 0.15) is 31.4 Å². The molecule has 1 aromatic carbocycles. The van der Waals surface area contributed by atoms with Gasteiger partial charge in [0.1, 0.15) is 5.54 Å². The van der Waals surface area contributed by atoms with Crippen LogP contribution in [-0.4, -0.2) is 19.1 Å². The third-order valence-corrected chi connectivity index (χ3v) is 3.35. The van der Waals surface area contributed by atoms with Gasteiger partial charge < -0.3 is 4.74 Å². The van der Waals surface area contributed by atoms with Crippen LogP contribution in [0, 0.1) is 0 Å². The lowest BCUT2D eigenvalue weighted by Crippen LogP contribution is -2.48. The van der Waals surface area contributed by atoms with E-state index in [0.29, 0.717) is 6.61 Å². The highest BCUT2D eigenvalue weighted by molar-refractivity contribution is 5.84. The Labute approximate surface area is 102 Å². The third-order valence-electron chi connectivity index (χ3n) is 3.35. The molecule has 1 aliphatic carbocycles. The first-order chi connectivity index (χ1) is 8.24. The Morgan fingerprint density at radius 2 is 2.18 bits per heavy atom. The Balaban J connectivity index is 2.40. The van der Waals surface area contributed by atoms with Crippen molar-refractivity contribution in [3.8, 4) is 0 Å². The molecule has 2 rings (SSSR count). The normalized spacial score (nSPS) is 22.2. The van der Waals surface area contributed by atoms with E-state index in [-0.39, 0.29) is 5.97 Å². The predicted octanol–water partition coefficient (Wildman–Crippen LogP) is 2.00. The SMILES string of the molecule is CCNC1(C(=O)OCC)CCc2ccccc21. The van der Waals surface area contributed by atoms with E-state index in [1.807, 2.05) is 32.0 Å². The summed E-state index contributed by atoms with van der Waals surface area (Å²) in [6.07, 6.45) is 1.72. The Morgan fingerprint density at radius 1 is 1.41 bits per heavy atom. The van der Waals surface area contributed by atoms with Gasteiger partial charge in [-0.1, -0.05) is 31.2 Å². The third kappa shape index (κ3) is 1.95. The molecule has 0 saturated carbocycles. The fraction of sp³-hybridized carbons (Fsp3) is 0.500. The molecule has 92 valence electrons. The lowest BCUT2D eigenvalue weighted by atomic mass is 9.91. The zero-order valence-electron chi connectivity index (χ0n) is 10.5. The van der Waals surface area contributed by atoms with Crippen LogP contribution in [0.25, 0.3) is 0 Å². The van der Waals surface area contributed by atoms with Crippen LogP contribution in [0.5, 0.6) is 0 Å². The number of aryl methyl sites for hydroxylation is 1. The molecule has 0 spiro atoms. The first kappa shape index (κ1) is 12.1. The maximum atomic E-state index is 12.2. The van der Waals surface area contributed by atoms with E-state index in [1.54, 1.807) is 0 Å². The maximum absolute atomic E-state index is 12.2. The van der Waals surface area contributed by atoms with Crippen molar-refractivity contribution >= 4 is 5.97 Å². The van der Waals surface area contributed by atoms with Gasteiger partial charge >= 0.3 is 5.97 Å². The summed E-state index contributed by atoms with van der Waals surface area (Å²) < 4.78 is 5.24. The monoisotopic (exact) mass is 233 g/mol. The van der Waals surface area contributed by atoms with E-state index < -0.39 is 5.54 Å². The Bertz CT molecular complexity index is 412. The molecular formula is C14H19NO2. The van der Waals surface area contributed by atoms with Crippen LogP contribution < -0.4 is 5.32 Å². The van der Waals surface area contributed by atoms with Crippen LogP contribution in [0.15, 0.2) is 24.3 Å². The van der Waals surface area contributed by atoms with Crippen molar-refractivity contribution in [2.75, 3.05) is 13.2 Å². The average Bonchev–Trinajstić information content (AvgIpc) is 2.71. The van der Waals surface area contributed by atoms with Crippen molar-refractivity contribution < 1.29 is 9.53 Å². The molecule has 1 N–H and O–H groups in total. The van der Waals surface area contributed by atoms with E-state index >= 15 is 0 Å². The molecule has 17 heavy (non-hydrogen) atoms. The van der Waals surface area contributed by atoms with Gasteiger partial charge in [-0.25, -0.2) is 4.79 Å². The van der Waals surface area contributed by atoms with Gasteiger partial charge in [-0.3, -0.25) is 5.32 Å². The zero-order chi connectivity index (χ0) is 12.3. The van der Waals surface area contributed by atoms with Crippen LogP contribution in [0.2, 0.25) is 0 Å². The molecule has 3 nitrogen and oxygen atoms in total. The van der Waals surface area contributed by atoms with E-state index in [9.17, 15) is 4.79 Å². The minimum absolute atomic E-state index is 0.146. The lowest BCUT2D eigenvalue weighted by molar-refractivity contribution is -0.151. The van der Waals surface area contributed by atoms with Gasteiger partial charge in [0.25, 0.3) is 0 Å². The van der Waals surface area contributed by atoms with Gasteiger partial charge in [0, 0.05) is 0 Å². The molecular weight excluding hydrogens is 214 g/mol. The van der Waals surface area contributed by atoms with Crippen molar-refractivity contribution in [2.24, 2.45) is 0 Å². The number of fused-ring (bicyclic) bond motifs is 1. The Kier molecular flexibility index (Phi) is 3.48. The zero-order valence-corrected chi connectivity index (χ0v) is 10.5. The lowest BCUT2D eigenvalue weighted by Gasteiger charge is -2.28. The summed E-state index contributed by atoms with van der Waals surface area (Å²) in [6.45, 7) is 5.04. The molecule has 0 heterocycles. The highest BCUT2D eigenvalue weighted by Gasteiger charge is 2.45. The maximum Gasteiger partial charge on any atom is 0.331 e. The standard InChI is InChI=1S/C14H19NO2/c1-3-15-14(13(16)17-4-2)10-9-11-7-5-6-8-12(11)14/h5-8,15H,3-4,9-10H2,1-2H3. The molecule has 3 heteroatoms. The smallest absolute Gasteiger partial charge is 0.331 e. The Morgan fingerprint density at radius 3 is 2.88 bits per heavy atom. The second kappa shape index (κ2) is 4.88. The summed E-state index contributed by atoms with van der Waals surface area (Å²) in [5.41, 5.74) is 1.71. The fourth-order valence-electron chi connectivity index (χ4n) is 2.64. The number of benzene rings is 1. The van der Waals surface area contributed by atoms with Crippen molar-refractivity contribution in [1.82, 2.24) is 5.32 Å². The minimum Gasteiger partial charge on any atom is -0.464 e. The van der Waals surface area contributed by atoms with Crippen molar-refractivity contribution in [1.29, 1.82) is 0 Å². The number of nitrogens with one attached hydrogen (secondary N) is 1. The second-order valence-electron chi connectivity index (χ2n) is 4.31.